The maximum Gasteiger partial charge on any atom is -0.0386 e. The summed E-state index contributed by atoms with van der Waals surface area (Å²) < 4.78 is 0. The lowest BCUT2D eigenvalue weighted by Gasteiger charge is -2.33. The number of unbranched alkanes of at least 4 members (excludes halogenated alkanes) is 3. The molecule has 2 fully saturated rings. The summed E-state index contributed by atoms with van der Waals surface area (Å²) in [5, 5.41) is 0. The van der Waals surface area contributed by atoms with Crippen molar-refractivity contribution in [3.63, 3.8) is 0 Å². The van der Waals surface area contributed by atoms with Gasteiger partial charge in [0.2, 0.25) is 0 Å². The third-order valence-corrected chi connectivity index (χ3v) is 3.98. The second-order valence-corrected chi connectivity index (χ2v) is 5.55. The van der Waals surface area contributed by atoms with Crippen LogP contribution in [0.25, 0.3) is 0 Å². The number of hydrogen-bond acceptors (Lipinski definition) is 0. The monoisotopic (exact) mass is 209 g/mol. The molecule has 0 spiro atoms. The Hall–Kier alpha value is 0. The highest BCUT2D eigenvalue weighted by atomic mass is 14.4. The molecule has 0 aliphatic heterocycles. The fourth-order valence-electron chi connectivity index (χ4n) is 2.29. The Morgan fingerprint density at radius 1 is 1.07 bits per heavy atom. The molecular weight excluding hydrogens is 180 g/mol. The molecule has 0 heteroatoms. The molecule has 89 valence electrons. The smallest absolute Gasteiger partial charge is 0.0386 e. The van der Waals surface area contributed by atoms with Crippen LogP contribution in [-0.4, -0.2) is 0 Å². The highest BCUT2D eigenvalue weighted by molar-refractivity contribution is 4.84. The van der Waals surface area contributed by atoms with Crippen molar-refractivity contribution in [2.75, 3.05) is 0 Å². The van der Waals surface area contributed by atoms with Crippen LogP contribution < -0.4 is 0 Å². The van der Waals surface area contributed by atoms with E-state index in [1.165, 1.54) is 32.1 Å². The lowest BCUT2D eigenvalue weighted by Crippen LogP contribution is -2.23. The van der Waals surface area contributed by atoms with Gasteiger partial charge in [-0.1, -0.05) is 65.7 Å². The van der Waals surface area contributed by atoms with E-state index in [4.69, 9.17) is 0 Å². The molecule has 0 aromatic rings. The van der Waals surface area contributed by atoms with Gasteiger partial charge in [0, 0.05) is 0 Å². The first-order valence-corrected chi connectivity index (χ1v) is 7.07. The first-order valence-electron chi connectivity index (χ1n) is 7.07. The van der Waals surface area contributed by atoms with Crippen molar-refractivity contribution in [2.45, 2.75) is 71.6 Å². The number of rotatable bonds is 5. The molecule has 0 saturated heterocycles. The van der Waals surface area contributed by atoms with Crippen LogP contribution in [0.4, 0.5) is 0 Å². The van der Waals surface area contributed by atoms with Gasteiger partial charge in [-0.05, 0) is 30.6 Å². The molecule has 2 unspecified atom stereocenters. The molecule has 0 heterocycles. The van der Waals surface area contributed by atoms with E-state index in [0.29, 0.717) is 0 Å². The summed E-state index contributed by atoms with van der Waals surface area (Å²) in [7, 11) is 0. The van der Waals surface area contributed by atoms with Gasteiger partial charge < -0.3 is 0 Å². The zero-order valence-corrected chi connectivity index (χ0v) is 10.8. The fraction of sp³-hybridized carbons (Fsp3) is 0.933. The van der Waals surface area contributed by atoms with Gasteiger partial charge in [0.15, 0.2) is 0 Å². The van der Waals surface area contributed by atoms with E-state index in [-0.39, 0.29) is 0 Å². The number of hydrogen-bond donors (Lipinski definition) is 0. The highest BCUT2D eigenvalue weighted by Crippen LogP contribution is 2.44. The molecule has 2 rings (SSSR count). The average molecular weight is 209 g/mol. The fourth-order valence-corrected chi connectivity index (χ4v) is 2.29. The molecule has 2 aliphatic rings. The second-order valence-electron chi connectivity index (χ2n) is 5.55. The minimum absolute atomic E-state index is 1.07. The predicted octanol–water partition coefficient (Wildman–Crippen LogP) is 5.23. The summed E-state index contributed by atoms with van der Waals surface area (Å²) in [4.78, 5) is 0. The Bertz CT molecular complexity index is 142. The first-order chi connectivity index (χ1) is 7.27. The van der Waals surface area contributed by atoms with E-state index < -0.39 is 0 Å². The molecule has 15 heavy (non-hydrogen) atoms. The van der Waals surface area contributed by atoms with Gasteiger partial charge >= 0.3 is 0 Å². The van der Waals surface area contributed by atoms with Gasteiger partial charge in [-0.2, -0.15) is 0 Å². The molecule has 0 aromatic heterocycles. The van der Waals surface area contributed by atoms with Crippen molar-refractivity contribution in [2.24, 2.45) is 17.8 Å². The third kappa shape index (κ3) is 5.58. The van der Waals surface area contributed by atoms with E-state index in [0.717, 1.165) is 24.2 Å². The lowest BCUT2D eigenvalue weighted by atomic mass is 9.72. The van der Waals surface area contributed by atoms with Gasteiger partial charge in [-0.15, -0.1) is 0 Å². The molecule has 0 aromatic carbocycles. The Morgan fingerprint density at radius 3 is 2.07 bits per heavy atom. The zero-order chi connectivity index (χ0) is 11.1. The van der Waals surface area contributed by atoms with Crippen molar-refractivity contribution >= 4 is 0 Å². The predicted molar refractivity (Wildman–Crippen MR) is 68.7 cm³/mol. The molecule has 2 atom stereocenters. The van der Waals surface area contributed by atoms with Crippen LogP contribution in [0.5, 0.6) is 0 Å². The highest BCUT2D eigenvalue weighted by Gasteiger charge is 2.32. The van der Waals surface area contributed by atoms with Crippen molar-refractivity contribution in [1.29, 1.82) is 0 Å². The van der Waals surface area contributed by atoms with E-state index in [1.807, 2.05) is 0 Å². The molecular formula is C15H29. The molecule has 0 nitrogen and oxygen atoms in total. The largest absolute Gasteiger partial charge is 0.0654 e. The van der Waals surface area contributed by atoms with Crippen LogP contribution in [0.15, 0.2) is 0 Å². The maximum atomic E-state index is 3.72. The normalized spacial score (nSPS) is 29.0. The van der Waals surface area contributed by atoms with Gasteiger partial charge in [0.1, 0.15) is 0 Å². The minimum Gasteiger partial charge on any atom is -0.0654 e. The van der Waals surface area contributed by atoms with Gasteiger partial charge in [0.05, 0.1) is 0 Å². The quantitative estimate of drug-likeness (QED) is 0.544. The van der Waals surface area contributed by atoms with Crippen molar-refractivity contribution in [1.82, 2.24) is 0 Å². The van der Waals surface area contributed by atoms with Gasteiger partial charge in [-0.25, -0.2) is 0 Å². The Morgan fingerprint density at radius 2 is 1.80 bits per heavy atom. The molecule has 0 amide bonds. The summed E-state index contributed by atoms with van der Waals surface area (Å²) in [6, 6.07) is 0. The van der Waals surface area contributed by atoms with Gasteiger partial charge in [-0.3, -0.25) is 0 Å². The Kier molecular flexibility index (Phi) is 6.36. The molecule has 2 saturated carbocycles. The molecule has 1 radical (unpaired) electrons. The zero-order valence-electron chi connectivity index (χ0n) is 10.8. The lowest BCUT2D eigenvalue weighted by molar-refractivity contribution is 0.175. The summed E-state index contributed by atoms with van der Waals surface area (Å²) in [5.74, 6) is 3.38. The van der Waals surface area contributed by atoms with Crippen molar-refractivity contribution < 1.29 is 0 Å². The van der Waals surface area contributed by atoms with E-state index in [9.17, 15) is 0 Å². The molecule has 0 bridgehead atoms. The molecule has 0 N–H and O–H groups in total. The van der Waals surface area contributed by atoms with Crippen LogP contribution in [0.2, 0.25) is 0 Å². The second kappa shape index (κ2) is 7.30. The van der Waals surface area contributed by atoms with Crippen LogP contribution in [-0.2, 0) is 0 Å². The standard InChI is InChI=1S/C9H16.C6H13/c1-7-2-5-9(7)6-8-3-4-8;1-3-5-6-4-2/h7-9H,2-6H2,1H3;1,3-6H2,2H3. The summed E-state index contributed by atoms with van der Waals surface area (Å²) in [6.07, 6.45) is 12.8. The minimum atomic E-state index is 1.07. The van der Waals surface area contributed by atoms with Crippen molar-refractivity contribution in [3.8, 4) is 0 Å². The SMILES string of the molecule is CC1CCC1CC1CC1.[CH2]CCCCC. The van der Waals surface area contributed by atoms with Crippen LogP contribution in [0, 0.1) is 24.7 Å². The molecule has 2 aliphatic carbocycles. The van der Waals surface area contributed by atoms with Gasteiger partial charge in [0.25, 0.3) is 0 Å². The first kappa shape index (κ1) is 13.1. The topological polar surface area (TPSA) is 0 Å². The summed E-state index contributed by atoms with van der Waals surface area (Å²) >= 11 is 0. The summed E-state index contributed by atoms with van der Waals surface area (Å²) in [5.41, 5.74) is 0. The average Bonchev–Trinajstić information content (AvgIpc) is 3.05. The Labute approximate surface area is 96.8 Å². The van der Waals surface area contributed by atoms with Crippen LogP contribution in [0.1, 0.15) is 71.6 Å². The van der Waals surface area contributed by atoms with Crippen LogP contribution in [0.3, 0.4) is 0 Å². The Balaban J connectivity index is 0.000000167. The van der Waals surface area contributed by atoms with Crippen molar-refractivity contribution in [3.05, 3.63) is 6.92 Å². The van der Waals surface area contributed by atoms with E-state index >= 15 is 0 Å². The van der Waals surface area contributed by atoms with Crippen LogP contribution >= 0.6 is 0 Å². The van der Waals surface area contributed by atoms with E-state index in [1.54, 1.807) is 19.3 Å². The maximum absolute atomic E-state index is 3.72. The van der Waals surface area contributed by atoms with E-state index in [2.05, 4.69) is 20.8 Å². The summed E-state index contributed by atoms with van der Waals surface area (Å²) in [6.45, 7) is 8.34. The third-order valence-electron chi connectivity index (χ3n) is 3.98.